The molecule has 0 amide bonds. The number of benzene rings is 3. The van der Waals surface area contributed by atoms with Gasteiger partial charge in [-0.2, -0.15) is 39.5 Å². The van der Waals surface area contributed by atoms with E-state index in [0.29, 0.717) is 23.8 Å². The monoisotopic (exact) mass is 662 g/mol. The molecule has 0 unspecified atom stereocenters. The van der Waals surface area contributed by atoms with Gasteiger partial charge in [-0.15, -0.1) is 0 Å². The highest BCUT2D eigenvalue weighted by atomic mass is 35.5. The summed E-state index contributed by atoms with van der Waals surface area (Å²) in [5.74, 6) is -4.33. The van der Waals surface area contributed by atoms with E-state index in [0.717, 1.165) is 12.1 Å². The molecule has 1 N–H and O–H groups in total. The molecule has 3 nitrogen and oxygen atoms in total. The minimum Gasteiger partial charge on any atom is -0.478 e. The number of hydrogen-bond acceptors (Lipinski definition) is 2. The van der Waals surface area contributed by atoms with Crippen LogP contribution >= 0.6 is 34.8 Å². The number of aromatic carboxylic acids is 1. The quantitative estimate of drug-likeness (QED) is 0.219. The average Bonchev–Trinajstić information content (AvgIpc) is 2.82. The topological polar surface area (TPSA) is 54.4 Å². The number of carboxylic acid groups (broad SMARTS) is 1. The van der Waals surface area contributed by atoms with E-state index < -0.39 is 74.0 Å². The van der Waals surface area contributed by atoms with Crippen molar-refractivity contribution < 1.29 is 63.0 Å². The van der Waals surface area contributed by atoms with E-state index in [-0.39, 0.29) is 17.4 Å². The number of alkyl halides is 9. The summed E-state index contributed by atoms with van der Waals surface area (Å²) >= 11 is 15.8. The Hall–Kier alpha value is -3.10. The molecule has 0 radical (unpaired) electrons. The number of carboxylic acids is 1. The molecule has 224 valence electrons. The van der Waals surface area contributed by atoms with E-state index in [2.05, 4.69) is 0 Å². The molecule has 0 saturated carbocycles. The van der Waals surface area contributed by atoms with Gasteiger partial charge < -0.3 is 5.11 Å². The molecule has 0 fully saturated rings. The number of carbonyl (C=O) groups excluding carboxylic acids is 1. The van der Waals surface area contributed by atoms with Crippen LogP contribution in [0, 0.1) is 18.6 Å². The van der Waals surface area contributed by atoms with Gasteiger partial charge in [0.1, 0.15) is 0 Å². The molecule has 0 bridgehead atoms. The number of rotatable bonds is 2. The fourth-order valence-electron chi connectivity index (χ4n) is 2.54. The molecule has 0 saturated heterocycles. The average molecular weight is 664 g/mol. The Morgan fingerprint density at radius 2 is 1.10 bits per heavy atom. The highest BCUT2D eigenvalue weighted by Gasteiger charge is 2.34. The number of halogens is 14. The lowest BCUT2D eigenvalue weighted by molar-refractivity contribution is -0.138. The largest absolute Gasteiger partial charge is 0.478 e. The fraction of sp³-hybridized carbons (Fsp3) is 0.167. The number of carbonyl (C=O) groups is 2. The first-order chi connectivity index (χ1) is 18.5. The van der Waals surface area contributed by atoms with Gasteiger partial charge >= 0.3 is 24.5 Å². The minimum absolute atomic E-state index is 0.0174. The van der Waals surface area contributed by atoms with Crippen LogP contribution in [0.25, 0.3) is 0 Å². The first-order valence-electron chi connectivity index (χ1n) is 10.1. The summed E-state index contributed by atoms with van der Waals surface area (Å²) in [5, 5.41) is 6.96. The summed E-state index contributed by atoms with van der Waals surface area (Å²) in [6, 6.07) is 4.67. The molecule has 3 aromatic rings. The summed E-state index contributed by atoms with van der Waals surface area (Å²) in [4.78, 5) is 20.6. The van der Waals surface area contributed by atoms with Gasteiger partial charge in [-0.3, -0.25) is 4.79 Å². The van der Waals surface area contributed by atoms with Gasteiger partial charge in [0, 0.05) is 5.02 Å². The van der Waals surface area contributed by atoms with Crippen molar-refractivity contribution in [2.75, 3.05) is 0 Å². The van der Waals surface area contributed by atoms with Crippen LogP contribution in [0.3, 0.4) is 0 Å². The predicted molar refractivity (Wildman–Crippen MR) is 126 cm³/mol. The molecular formula is C24H12Cl3F11O3. The third kappa shape index (κ3) is 10.3. The van der Waals surface area contributed by atoms with Crippen LogP contribution in [-0.2, 0) is 18.5 Å². The number of aryl methyl sites for hydroxylation is 1. The highest BCUT2D eigenvalue weighted by Crippen LogP contribution is 2.35. The summed E-state index contributed by atoms with van der Waals surface area (Å²) in [5.41, 5.74) is -4.32. The maximum atomic E-state index is 12.9. The van der Waals surface area contributed by atoms with Crippen molar-refractivity contribution in [2.24, 2.45) is 0 Å². The Bertz CT molecular complexity index is 1420. The van der Waals surface area contributed by atoms with Crippen LogP contribution in [0.2, 0.25) is 15.1 Å². The summed E-state index contributed by atoms with van der Waals surface area (Å²) in [6.07, 6.45) is -13.7. The first kappa shape index (κ1) is 35.9. The van der Waals surface area contributed by atoms with Gasteiger partial charge in [-0.1, -0.05) is 40.9 Å². The van der Waals surface area contributed by atoms with Gasteiger partial charge in [0.25, 0.3) is 0 Å². The van der Waals surface area contributed by atoms with Crippen molar-refractivity contribution in [1.29, 1.82) is 0 Å². The molecule has 0 aliphatic heterocycles. The van der Waals surface area contributed by atoms with Gasteiger partial charge in [0.2, 0.25) is 0 Å². The standard InChI is InChI=1S/C8H3ClF4O2.C8H3ClF4O.C8H6ClF3/c9-5-2-3(8(11,12)13)1-4(6(5)10)7(14)15;9-6-2-5(8(11,12)13)1-4(3-14)7(6)10;1-5-2-3-6(4-7(5)9)8(10,11)12/h1-2H,(H,14,15);1-3H;2-4H,1H3. The minimum atomic E-state index is -4.76. The van der Waals surface area contributed by atoms with Crippen molar-refractivity contribution in [2.45, 2.75) is 25.5 Å². The van der Waals surface area contributed by atoms with E-state index in [4.69, 9.17) is 39.9 Å². The molecule has 17 heteroatoms. The van der Waals surface area contributed by atoms with Crippen molar-refractivity contribution in [3.8, 4) is 0 Å². The molecule has 0 spiro atoms. The number of aldehydes is 1. The van der Waals surface area contributed by atoms with Crippen molar-refractivity contribution >= 4 is 47.1 Å². The lowest BCUT2D eigenvalue weighted by atomic mass is 10.1. The Labute approximate surface area is 238 Å². The van der Waals surface area contributed by atoms with Gasteiger partial charge in [0.05, 0.1) is 37.9 Å². The molecular weight excluding hydrogens is 652 g/mol. The van der Waals surface area contributed by atoms with E-state index in [9.17, 15) is 57.9 Å². The lowest BCUT2D eigenvalue weighted by Gasteiger charge is -2.08. The van der Waals surface area contributed by atoms with Gasteiger partial charge in [-0.05, 0) is 48.9 Å². The third-order valence-corrected chi connectivity index (χ3v) is 5.55. The Morgan fingerprint density at radius 3 is 1.49 bits per heavy atom. The second-order valence-electron chi connectivity index (χ2n) is 7.56. The summed E-state index contributed by atoms with van der Waals surface area (Å²) in [6.45, 7) is 1.66. The molecule has 3 aromatic carbocycles. The van der Waals surface area contributed by atoms with Gasteiger partial charge in [0.15, 0.2) is 17.9 Å². The zero-order valence-corrected chi connectivity index (χ0v) is 21.9. The molecule has 0 heterocycles. The Morgan fingerprint density at radius 1 is 0.683 bits per heavy atom. The van der Waals surface area contributed by atoms with Crippen molar-refractivity contribution in [1.82, 2.24) is 0 Å². The van der Waals surface area contributed by atoms with Crippen LogP contribution < -0.4 is 0 Å². The van der Waals surface area contributed by atoms with Crippen LogP contribution in [0.4, 0.5) is 48.3 Å². The first-order valence-corrected chi connectivity index (χ1v) is 11.3. The predicted octanol–water partition coefficient (Wildman–Crippen LogP) is 10.2. The lowest BCUT2D eigenvalue weighted by Crippen LogP contribution is -2.09. The maximum absolute atomic E-state index is 12.9. The molecule has 3 rings (SSSR count). The number of hydrogen-bond donors (Lipinski definition) is 1. The Kier molecular flexibility index (Phi) is 12.0. The van der Waals surface area contributed by atoms with E-state index in [1.54, 1.807) is 6.92 Å². The smallest absolute Gasteiger partial charge is 0.416 e. The van der Waals surface area contributed by atoms with E-state index >= 15 is 0 Å². The maximum Gasteiger partial charge on any atom is 0.416 e. The normalized spacial score (nSPS) is 11.6. The molecule has 0 atom stereocenters. The SMILES string of the molecule is Cc1ccc(C(F)(F)F)cc1Cl.O=C(O)c1cc(C(F)(F)F)cc(Cl)c1F.O=Cc1cc(C(F)(F)F)cc(Cl)c1F. The Balaban J connectivity index is 0.000000309. The second-order valence-corrected chi connectivity index (χ2v) is 8.78. The highest BCUT2D eigenvalue weighted by molar-refractivity contribution is 6.31. The van der Waals surface area contributed by atoms with E-state index in [1.165, 1.54) is 6.07 Å². The van der Waals surface area contributed by atoms with E-state index in [1.807, 2.05) is 0 Å². The summed E-state index contributed by atoms with van der Waals surface area (Å²) < 4.78 is 135. The van der Waals surface area contributed by atoms with Crippen molar-refractivity contribution in [3.05, 3.63) is 103 Å². The zero-order chi connectivity index (χ0) is 32.1. The van der Waals surface area contributed by atoms with Crippen LogP contribution in [0.5, 0.6) is 0 Å². The van der Waals surface area contributed by atoms with Gasteiger partial charge in [-0.25, -0.2) is 13.6 Å². The molecule has 41 heavy (non-hydrogen) atoms. The van der Waals surface area contributed by atoms with Crippen LogP contribution in [0.1, 0.15) is 43.0 Å². The summed E-state index contributed by atoms with van der Waals surface area (Å²) in [7, 11) is 0. The molecule has 0 aliphatic rings. The second kappa shape index (κ2) is 13.7. The fourth-order valence-corrected chi connectivity index (χ4v) is 3.16. The zero-order valence-electron chi connectivity index (χ0n) is 19.7. The third-order valence-electron chi connectivity index (χ3n) is 4.60. The van der Waals surface area contributed by atoms with Crippen molar-refractivity contribution in [3.63, 3.8) is 0 Å². The molecule has 0 aromatic heterocycles. The van der Waals surface area contributed by atoms with Crippen LogP contribution in [-0.4, -0.2) is 17.4 Å². The van der Waals surface area contributed by atoms with Crippen LogP contribution in [0.15, 0.2) is 42.5 Å². The molecule has 0 aliphatic carbocycles.